The molecule has 0 aromatic heterocycles. The quantitative estimate of drug-likeness (QED) is 0.858. The van der Waals surface area contributed by atoms with E-state index in [0.29, 0.717) is 5.02 Å². The fraction of sp³-hybridized carbons (Fsp3) is 0.533. The third-order valence-electron chi connectivity index (χ3n) is 3.57. The summed E-state index contributed by atoms with van der Waals surface area (Å²) in [6, 6.07) is 4.14. The summed E-state index contributed by atoms with van der Waals surface area (Å²) < 4.78 is 41.5. The summed E-state index contributed by atoms with van der Waals surface area (Å²) in [6.45, 7) is -1.42. The first kappa shape index (κ1) is 16.9. The van der Waals surface area contributed by atoms with Gasteiger partial charge in [0.25, 0.3) is 0 Å². The molecule has 122 valence electrons. The fourth-order valence-electron chi connectivity index (χ4n) is 2.48. The van der Waals surface area contributed by atoms with Gasteiger partial charge in [-0.15, -0.1) is 0 Å². The predicted molar refractivity (Wildman–Crippen MR) is 78.2 cm³/mol. The van der Waals surface area contributed by atoms with Crippen LogP contribution in [0.5, 0.6) is 5.75 Å². The van der Waals surface area contributed by atoms with Crippen molar-refractivity contribution >= 4 is 23.2 Å². The van der Waals surface area contributed by atoms with Crippen LogP contribution >= 0.6 is 11.6 Å². The van der Waals surface area contributed by atoms with Crippen molar-refractivity contribution < 1.29 is 22.7 Å². The van der Waals surface area contributed by atoms with Crippen LogP contribution in [-0.2, 0) is 4.79 Å². The number of carbonyl (C=O) groups excluding carboxylic acids is 1. The summed E-state index contributed by atoms with van der Waals surface area (Å²) in [5.41, 5.74) is 0.173. The molecular formula is C15H17ClF3NO2. The van der Waals surface area contributed by atoms with E-state index in [1.54, 1.807) is 0 Å². The minimum atomic E-state index is -4.44. The number of alkyl halides is 3. The Morgan fingerprint density at radius 1 is 1.27 bits per heavy atom. The van der Waals surface area contributed by atoms with Crippen LogP contribution in [0.25, 0.3) is 0 Å². The first-order valence-corrected chi connectivity index (χ1v) is 7.53. The smallest absolute Gasteiger partial charge is 0.422 e. The molecule has 1 amide bonds. The zero-order chi connectivity index (χ0) is 16.2. The molecule has 0 aliphatic heterocycles. The number of carbonyl (C=O) groups is 1. The summed E-state index contributed by atoms with van der Waals surface area (Å²) in [4.78, 5) is 12.2. The summed E-state index contributed by atoms with van der Waals surface area (Å²) in [5.74, 6) is -0.340. The van der Waals surface area contributed by atoms with E-state index in [4.69, 9.17) is 16.3 Å². The van der Waals surface area contributed by atoms with Gasteiger partial charge in [-0.1, -0.05) is 30.9 Å². The second-order valence-corrected chi connectivity index (χ2v) is 5.80. The Morgan fingerprint density at radius 3 is 2.59 bits per heavy atom. The van der Waals surface area contributed by atoms with Gasteiger partial charge in [0.2, 0.25) is 5.91 Å². The Bertz CT molecular complexity index is 528. The van der Waals surface area contributed by atoms with E-state index in [9.17, 15) is 18.0 Å². The van der Waals surface area contributed by atoms with E-state index in [1.165, 1.54) is 18.2 Å². The maximum absolute atomic E-state index is 12.3. The van der Waals surface area contributed by atoms with E-state index >= 15 is 0 Å². The van der Waals surface area contributed by atoms with Crippen molar-refractivity contribution in [3.8, 4) is 5.75 Å². The average molecular weight is 336 g/mol. The number of halogens is 4. The van der Waals surface area contributed by atoms with Crippen LogP contribution in [0.4, 0.5) is 18.9 Å². The molecule has 0 unspecified atom stereocenters. The Morgan fingerprint density at radius 2 is 1.95 bits per heavy atom. The fourth-order valence-corrected chi connectivity index (χ4v) is 2.66. The van der Waals surface area contributed by atoms with Crippen molar-refractivity contribution in [2.45, 2.75) is 38.3 Å². The third kappa shape index (κ3) is 5.09. The molecule has 1 aliphatic rings. The first-order valence-electron chi connectivity index (χ1n) is 7.15. The SMILES string of the molecule is O=C(Nc1cc(Cl)ccc1OCC(F)(F)F)C1CCCCC1. The highest BCUT2D eigenvalue weighted by molar-refractivity contribution is 6.31. The predicted octanol–water partition coefficient (Wildman–Crippen LogP) is 4.80. The summed E-state index contributed by atoms with van der Waals surface area (Å²) in [5, 5.41) is 2.96. The number of benzene rings is 1. The van der Waals surface area contributed by atoms with Gasteiger partial charge in [0.15, 0.2) is 6.61 Å². The van der Waals surface area contributed by atoms with Crippen LogP contribution in [0, 0.1) is 5.92 Å². The van der Waals surface area contributed by atoms with Gasteiger partial charge in [-0.3, -0.25) is 4.79 Å². The standard InChI is InChI=1S/C15H17ClF3NO2/c16-11-6-7-13(22-9-15(17,18)19)12(8-11)20-14(21)10-4-2-1-3-5-10/h6-8,10H,1-5,9H2,(H,20,21). The average Bonchev–Trinajstić information content (AvgIpc) is 2.46. The monoisotopic (exact) mass is 335 g/mol. The number of amides is 1. The molecule has 0 radical (unpaired) electrons. The molecule has 1 saturated carbocycles. The summed E-state index contributed by atoms with van der Waals surface area (Å²) >= 11 is 5.85. The minimum absolute atomic E-state index is 0.0362. The number of hydrogen-bond acceptors (Lipinski definition) is 2. The summed E-state index contributed by atoms with van der Waals surface area (Å²) in [6.07, 6.45) is 0.248. The lowest BCUT2D eigenvalue weighted by atomic mass is 9.88. The van der Waals surface area contributed by atoms with Crippen molar-refractivity contribution in [2.24, 2.45) is 5.92 Å². The molecule has 1 N–H and O–H groups in total. The second kappa shape index (κ2) is 7.22. The number of nitrogens with one attached hydrogen (secondary N) is 1. The molecule has 0 saturated heterocycles. The molecule has 3 nitrogen and oxygen atoms in total. The highest BCUT2D eigenvalue weighted by atomic mass is 35.5. The number of ether oxygens (including phenoxy) is 1. The molecule has 7 heteroatoms. The zero-order valence-electron chi connectivity index (χ0n) is 11.9. The lowest BCUT2D eigenvalue weighted by molar-refractivity contribution is -0.153. The number of hydrogen-bond donors (Lipinski definition) is 1. The Kier molecular flexibility index (Phi) is 5.56. The van der Waals surface area contributed by atoms with E-state index in [0.717, 1.165) is 32.1 Å². The van der Waals surface area contributed by atoms with Gasteiger partial charge in [-0.2, -0.15) is 13.2 Å². The molecule has 0 heterocycles. The molecule has 1 aliphatic carbocycles. The van der Waals surface area contributed by atoms with Crippen LogP contribution in [0.2, 0.25) is 5.02 Å². The van der Waals surface area contributed by atoms with Gasteiger partial charge in [0, 0.05) is 10.9 Å². The number of anilines is 1. The molecular weight excluding hydrogens is 319 g/mol. The van der Waals surface area contributed by atoms with E-state index < -0.39 is 12.8 Å². The molecule has 22 heavy (non-hydrogen) atoms. The Balaban J connectivity index is 2.07. The lowest BCUT2D eigenvalue weighted by Crippen LogP contribution is -2.25. The highest BCUT2D eigenvalue weighted by Crippen LogP contribution is 2.31. The Hall–Kier alpha value is -1.43. The van der Waals surface area contributed by atoms with E-state index in [1.807, 2.05) is 0 Å². The van der Waals surface area contributed by atoms with Crippen LogP contribution < -0.4 is 10.1 Å². The zero-order valence-corrected chi connectivity index (χ0v) is 12.6. The minimum Gasteiger partial charge on any atom is -0.482 e. The molecule has 0 atom stereocenters. The van der Waals surface area contributed by atoms with Crippen molar-refractivity contribution in [3.05, 3.63) is 23.2 Å². The maximum atomic E-state index is 12.3. The normalized spacial score (nSPS) is 16.4. The molecule has 1 aromatic carbocycles. The first-order chi connectivity index (χ1) is 10.3. The molecule has 2 rings (SSSR count). The van der Waals surface area contributed by atoms with Crippen LogP contribution in [0.1, 0.15) is 32.1 Å². The van der Waals surface area contributed by atoms with Crippen molar-refractivity contribution in [3.63, 3.8) is 0 Å². The molecule has 1 aromatic rings. The van der Waals surface area contributed by atoms with Crippen molar-refractivity contribution in [2.75, 3.05) is 11.9 Å². The molecule has 1 fully saturated rings. The molecule has 0 bridgehead atoms. The second-order valence-electron chi connectivity index (χ2n) is 5.37. The van der Waals surface area contributed by atoms with Crippen molar-refractivity contribution in [1.29, 1.82) is 0 Å². The summed E-state index contributed by atoms with van der Waals surface area (Å²) in [7, 11) is 0. The topological polar surface area (TPSA) is 38.3 Å². The van der Waals surface area contributed by atoms with Gasteiger partial charge in [-0.25, -0.2) is 0 Å². The highest BCUT2D eigenvalue weighted by Gasteiger charge is 2.29. The largest absolute Gasteiger partial charge is 0.482 e. The molecule has 0 spiro atoms. The lowest BCUT2D eigenvalue weighted by Gasteiger charge is -2.21. The van der Waals surface area contributed by atoms with Crippen LogP contribution in [0.15, 0.2) is 18.2 Å². The number of rotatable bonds is 4. The van der Waals surface area contributed by atoms with Crippen molar-refractivity contribution in [1.82, 2.24) is 0 Å². The van der Waals surface area contributed by atoms with Gasteiger partial charge in [-0.05, 0) is 31.0 Å². The van der Waals surface area contributed by atoms with Gasteiger partial charge in [0.1, 0.15) is 5.75 Å². The van der Waals surface area contributed by atoms with E-state index in [2.05, 4.69) is 5.32 Å². The third-order valence-corrected chi connectivity index (χ3v) is 3.80. The van der Waals surface area contributed by atoms with E-state index in [-0.39, 0.29) is 23.3 Å². The van der Waals surface area contributed by atoms with Gasteiger partial charge in [0.05, 0.1) is 5.69 Å². The van der Waals surface area contributed by atoms with Gasteiger partial charge < -0.3 is 10.1 Å². The van der Waals surface area contributed by atoms with Gasteiger partial charge >= 0.3 is 6.18 Å². The maximum Gasteiger partial charge on any atom is 0.422 e. The van der Waals surface area contributed by atoms with Crippen LogP contribution in [0.3, 0.4) is 0 Å². The Labute approximate surface area is 131 Å². The van der Waals surface area contributed by atoms with Crippen LogP contribution in [-0.4, -0.2) is 18.7 Å².